The van der Waals surface area contributed by atoms with Crippen molar-refractivity contribution in [2.24, 2.45) is 40.1 Å². The van der Waals surface area contributed by atoms with Crippen molar-refractivity contribution in [1.29, 1.82) is 0 Å². The fourth-order valence-electron chi connectivity index (χ4n) is 0. The largest absolute Gasteiger partial charge is 0.330 e. The van der Waals surface area contributed by atoms with Crippen molar-refractivity contribution >= 4 is 0 Å². The topological polar surface area (TPSA) is 182 Å². The lowest BCUT2D eigenvalue weighted by atomic mass is 10.7. The maximum atomic E-state index is 4.90. The molecule has 0 heterocycles. The second-order valence-corrected chi connectivity index (χ2v) is 2.02. The van der Waals surface area contributed by atoms with E-state index in [1.807, 2.05) is 0 Å². The molecule has 0 aromatic heterocycles. The second-order valence-electron chi connectivity index (χ2n) is 2.02. The zero-order valence-corrected chi connectivity index (χ0v) is 11.1. The van der Waals surface area contributed by atoms with Crippen LogP contribution in [0.1, 0.15) is 0 Å². The number of hydrogen-bond acceptors (Lipinski definition) is 7. The summed E-state index contributed by atoms with van der Waals surface area (Å²) in [5, 5.41) is 0. The minimum absolute atomic E-state index is 0.500. The van der Waals surface area contributed by atoms with E-state index in [0.717, 1.165) is 0 Å². The molecule has 0 amide bonds. The van der Waals surface area contributed by atoms with Crippen molar-refractivity contribution in [3.8, 4) is 0 Å². The first-order chi connectivity index (χ1) is 8.16. The monoisotopic (exact) mass is 252 g/mol. The average molecular weight is 252 g/mol. The van der Waals surface area contributed by atoms with Gasteiger partial charge in [0.15, 0.2) is 0 Å². The standard InChI is InChI=1S/3C2H8N2.C2H6N.C2H4/c3*3-1-2-4;1-2-3;1-2/h3*1-4H2;1-3H2;1-2H2. The van der Waals surface area contributed by atoms with Crippen LogP contribution in [0.15, 0.2) is 13.2 Å². The maximum absolute atomic E-state index is 4.90. The van der Waals surface area contributed by atoms with Crippen molar-refractivity contribution in [1.82, 2.24) is 0 Å². The van der Waals surface area contributed by atoms with Crippen LogP contribution in [0.3, 0.4) is 0 Å². The molecule has 0 atom stereocenters. The molecule has 7 nitrogen and oxygen atoms in total. The Kier molecular flexibility index (Phi) is 136. The van der Waals surface area contributed by atoms with Gasteiger partial charge in [0, 0.05) is 39.3 Å². The minimum atomic E-state index is 0.500. The fourth-order valence-corrected chi connectivity index (χ4v) is 0. The molecule has 14 N–H and O–H groups in total. The van der Waals surface area contributed by atoms with Crippen LogP contribution in [-0.2, 0) is 0 Å². The Labute approximate surface area is 107 Å². The van der Waals surface area contributed by atoms with E-state index in [1.54, 1.807) is 0 Å². The van der Waals surface area contributed by atoms with E-state index < -0.39 is 0 Å². The van der Waals surface area contributed by atoms with Crippen LogP contribution in [0, 0.1) is 6.92 Å². The zero-order chi connectivity index (χ0) is 14.9. The van der Waals surface area contributed by atoms with E-state index >= 15 is 0 Å². The minimum Gasteiger partial charge on any atom is -0.330 e. The van der Waals surface area contributed by atoms with Crippen LogP contribution in [0.4, 0.5) is 0 Å². The van der Waals surface area contributed by atoms with E-state index in [9.17, 15) is 0 Å². The van der Waals surface area contributed by atoms with Gasteiger partial charge in [0.05, 0.1) is 0 Å². The summed E-state index contributed by atoms with van der Waals surface area (Å²) in [7, 11) is 0. The highest BCUT2D eigenvalue weighted by Crippen LogP contribution is 1.25. The summed E-state index contributed by atoms with van der Waals surface area (Å²) >= 11 is 0. The van der Waals surface area contributed by atoms with Crippen LogP contribution in [0.5, 0.6) is 0 Å². The Hall–Kier alpha value is -0.540. The van der Waals surface area contributed by atoms with E-state index in [-0.39, 0.29) is 0 Å². The van der Waals surface area contributed by atoms with E-state index in [1.165, 1.54) is 0 Å². The van der Waals surface area contributed by atoms with Gasteiger partial charge in [-0.1, -0.05) is 0 Å². The summed E-state index contributed by atoms with van der Waals surface area (Å²) < 4.78 is 0. The Balaban J connectivity index is -0.0000000361. The molecule has 0 fully saturated rings. The maximum Gasteiger partial charge on any atom is 0.00461 e. The molecule has 0 saturated carbocycles. The van der Waals surface area contributed by atoms with Crippen molar-refractivity contribution in [3.05, 3.63) is 20.1 Å². The second kappa shape index (κ2) is 77.5. The van der Waals surface area contributed by atoms with Gasteiger partial charge in [-0.25, -0.2) is 0 Å². The van der Waals surface area contributed by atoms with E-state index in [0.29, 0.717) is 45.8 Å². The Morgan fingerprint density at radius 3 is 0.529 bits per heavy atom. The summed E-state index contributed by atoms with van der Waals surface area (Å²) in [6, 6.07) is 0. The predicted molar refractivity (Wildman–Crippen MR) is 80.0 cm³/mol. The molecule has 0 spiro atoms. The molecule has 7 heteroatoms. The summed E-state index contributed by atoms with van der Waals surface area (Å²) in [5.41, 5.74) is 34.2. The number of rotatable bonds is 3. The van der Waals surface area contributed by atoms with E-state index in [2.05, 4.69) is 20.1 Å². The molecule has 0 aliphatic carbocycles. The summed E-state index contributed by atoms with van der Waals surface area (Å²) in [5.74, 6) is 0. The molecule has 0 aromatic carbocycles. The highest BCUT2D eigenvalue weighted by molar-refractivity contribution is 4.27. The van der Waals surface area contributed by atoms with Crippen LogP contribution in [0.2, 0.25) is 0 Å². The lowest BCUT2D eigenvalue weighted by Crippen LogP contribution is -2.11. The van der Waals surface area contributed by atoms with Gasteiger partial charge >= 0.3 is 0 Å². The molecule has 0 aliphatic rings. The molecule has 0 aliphatic heterocycles. The fraction of sp³-hybridized carbons (Fsp3) is 0.700. The van der Waals surface area contributed by atoms with Crippen LogP contribution in [0.25, 0.3) is 0 Å². The van der Waals surface area contributed by atoms with Crippen LogP contribution < -0.4 is 40.1 Å². The molecule has 1 radical (unpaired) electrons. The molecular weight excluding hydrogens is 218 g/mol. The molecule has 0 unspecified atom stereocenters. The SMILES string of the molecule is C=C.NCCN.NCCN.NCCN.[CH2]CN. The Morgan fingerprint density at radius 2 is 0.529 bits per heavy atom. The third-order valence-electron chi connectivity index (χ3n) is 0.500. The highest BCUT2D eigenvalue weighted by Gasteiger charge is 1.55. The van der Waals surface area contributed by atoms with Gasteiger partial charge in [-0.3, -0.25) is 0 Å². The normalized spacial score (nSPS) is 6.59. The van der Waals surface area contributed by atoms with Crippen LogP contribution >= 0.6 is 0 Å². The molecule has 0 aromatic rings. The van der Waals surface area contributed by atoms with Crippen molar-refractivity contribution in [3.63, 3.8) is 0 Å². The third-order valence-corrected chi connectivity index (χ3v) is 0.500. The van der Waals surface area contributed by atoms with Gasteiger partial charge in [0.1, 0.15) is 0 Å². The van der Waals surface area contributed by atoms with Crippen molar-refractivity contribution in [2.75, 3.05) is 45.8 Å². The lowest BCUT2D eigenvalue weighted by molar-refractivity contribution is 0.976. The summed E-state index contributed by atoms with van der Waals surface area (Å²) in [6.07, 6.45) is 0. The molecule has 0 rings (SSSR count). The molecule has 0 saturated heterocycles. The molecular formula is C10H34N7. The Bertz CT molecular complexity index is 49.1. The summed E-state index contributed by atoms with van der Waals surface area (Å²) in [4.78, 5) is 0. The van der Waals surface area contributed by atoms with Gasteiger partial charge in [-0.05, 0) is 13.5 Å². The van der Waals surface area contributed by atoms with Crippen LogP contribution in [-0.4, -0.2) is 45.8 Å². The first-order valence-electron chi connectivity index (χ1n) is 5.36. The first-order valence-corrected chi connectivity index (χ1v) is 5.36. The quantitative estimate of drug-likeness (QED) is 0.266. The van der Waals surface area contributed by atoms with Gasteiger partial charge < -0.3 is 40.1 Å². The van der Waals surface area contributed by atoms with Gasteiger partial charge in [-0.2, -0.15) is 0 Å². The third kappa shape index (κ3) is 463. The van der Waals surface area contributed by atoms with Gasteiger partial charge in [-0.15, -0.1) is 13.2 Å². The molecule has 0 bridgehead atoms. The molecule has 17 heavy (non-hydrogen) atoms. The lowest BCUT2D eigenvalue weighted by Gasteiger charge is -1.72. The predicted octanol–water partition coefficient (Wildman–Crippen LogP) is -2.71. The average Bonchev–Trinajstić information content (AvgIpc) is 2.42. The van der Waals surface area contributed by atoms with Gasteiger partial charge in [0.25, 0.3) is 0 Å². The highest BCUT2D eigenvalue weighted by atomic mass is 14.6. The van der Waals surface area contributed by atoms with E-state index in [4.69, 9.17) is 40.1 Å². The van der Waals surface area contributed by atoms with Crippen molar-refractivity contribution < 1.29 is 0 Å². The number of hydrogen-bond donors (Lipinski definition) is 7. The smallest absolute Gasteiger partial charge is 0.00461 e. The zero-order valence-electron chi connectivity index (χ0n) is 11.1. The summed E-state index contributed by atoms with van der Waals surface area (Å²) in [6.45, 7) is 13.3. The number of nitrogens with two attached hydrogens (primary N) is 7. The van der Waals surface area contributed by atoms with Crippen molar-refractivity contribution in [2.45, 2.75) is 0 Å². The first kappa shape index (κ1) is 30.0. The van der Waals surface area contributed by atoms with Gasteiger partial charge in [0.2, 0.25) is 0 Å². The molecule has 109 valence electrons. The Morgan fingerprint density at radius 1 is 0.471 bits per heavy atom.